The number of rotatable bonds is 3. The minimum atomic E-state index is 0.707. The van der Waals surface area contributed by atoms with Crippen LogP contribution in [-0.2, 0) is 0 Å². The summed E-state index contributed by atoms with van der Waals surface area (Å²) in [6.07, 6.45) is 3.99. The molecule has 2 N–H and O–H groups in total. The standard InChI is InChI=1S/C36H26N2/c1-2-25(23-10-4-3-5-11-23)32-18-19-33-26(20-21-38-36(33)35(32)37)24-16-17-31-29-14-7-6-12-27(29)28-13-8-9-15-30(28)34(31)22-24/h2-22H,37H2,1H3/b25-2-. The van der Waals surface area contributed by atoms with Crippen molar-refractivity contribution in [2.75, 3.05) is 5.73 Å². The Balaban J connectivity index is 1.45. The van der Waals surface area contributed by atoms with Crippen LogP contribution in [0, 0.1) is 0 Å². The summed E-state index contributed by atoms with van der Waals surface area (Å²) in [5.41, 5.74) is 13.9. The summed E-state index contributed by atoms with van der Waals surface area (Å²) in [5.74, 6) is 0. The molecule has 7 rings (SSSR count). The number of nitrogens with zero attached hydrogens (tertiary/aromatic N) is 1. The van der Waals surface area contributed by atoms with Crippen LogP contribution in [0.3, 0.4) is 0 Å². The molecule has 0 radical (unpaired) electrons. The lowest BCUT2D eigenvalue weighted by Crippen LogP contribution is -1.99. The second-order valence-electron chi connectivity index (χ2n) is 9.70. The van der Waals surface area contributed by atoms with Crippen molar-refractivity contribution in [3.05, 3.63) is 139 Å². The highest BCUT2D eigenvalue weighted by Crippen LogP contribution is 2.40. The van der Waals surface area contributed by atoms with Crippen LogP contribution in [0.5, 0.6) is 0 Å². The Labute approximate surface area is 221 Å². The fraction of sp³-hybridized carbons (Fsp3) is 0.0278. The molecule has 0 aliphatic rings. The van der Waals surface area contributed by atoms with Gasteiger partial charge in [-0.15, -0.1) is 0 Å². The van der Waals surface area contributed by atoms with Gasteiger partial charge in [-0.3, -0.25) is 4.98 Å². The molecule has 0 bridgehead atoms. The molecule has 180 valence electrons. The molecule has 0 unspecified atom stereocenters. The molecular formula is C36H26N2. The Hall–Kier alpha value is -4.95. The molecule has 0 aliphatic heterocycles. The summed E-state index contributed by atoms with van der Waals surface area (Å²) in [5, 5.41) is 8.69. The van der Waals surface area contributed by atoms with Crippen LogP contribution in [0.25, 0.3) is 59.9 Å². The van der Waals surface area contributed by atoms with Gasteiger partial charge in [0.15, 0.2) is 0 Å². The van der Waals surface area contributed by atoms with E-state index in [1.807, 2.05) is 12.3 Å². The fourth-order valence-corrected chi connectivity index (χ4v) is 5.90. The number of hydrogen-bond acceptors (Lipinski definition) is 2. The average molecular weight is 487 g/mol. The van der Waals surface area contributed by atoms with Crippen molar-refractivity contribution in [1.29, 1.82) is 0 Å². The molecular weight excluding hydrogens is 460 g/mol. The van der Waals surface area contributed by atoms with E-state index in [4.69, 9.17) is 10.7 Å². The largest absolute Gasteiger partial charge is 0.396 e. The smallest absolute Gasteiger partial charge is 0.0943 e. The van der Waals surface area contributed by atoms with Crippen LogP contribution in [0.1, 0.15) is 18.1 Å². The number of pyridine rings is 1. The van der Waals surface area contributed by atoms with Gasteiger partial charge in [0.1, 0.15) is 0 Å². The zero-order chi connectivity index (χ0) is 25.6. The predicted molar refractivity (Wildman–Crippen MR) is 163 cm³/mol. The second kappa shape index (κ2) is 8.86. The Kier molecular flexibility index (Phi) is 5.19. The zero-order valence-corrected chi connectivity index (χ0v) is 21.1. The molecule has 0 saturated heterocycles. The fourth-order valence-electron chi connectivity index (χ4n) is 5.90. The summed E-state index contributed by atoms with van der Waals surface area (Å²) < 4.78 is 0. The summed E-state index contributed by atoms with van der Waals surface area (Å²) in [6, 6.07) is 41.0. The monoisotopic (exact) mass is 486 g/mol. The first-order valence-electron chi connectivity index (χ1n) is 13.0. The van der Waals surface area contributed by atoms with Gasteiger partial charge >= 0.3 is 0 Å². The molecule has 0 aliphatic carbocycles. The molecule has 7 aromatic rings. The maximum absolute atomic E-state index is 6.80. The van der Waals surface area contributed by atoms with E-state index in [0.717, 1.165) is 38.7 Å². The van der Waals surface area contributed by atoms with Crippen LogP contribution in [0.15, 0.2) is 128 Å². The topological polar surface area (TPSA) is 38.9 Å². The van der Waals surface area contributed by atoms with E-state index in [9.17, 15) is 0 Å². The van der Waals surface area contributed by atoms with Crippen LogP contribution in [0.4, 0.5) is 5.69 Å². The minimum absolute atomic E-state index is 0.707. The maximum Gasteiger partial charge on any atom is 0.0943 e. The van der Waals surface area contributed by atoms with Crippen molar-refractivity contribution in [2.24, 2.45) is 0 Å². The summed E-state index contributed by atoms with van der Waals surface area (Å²) in [6.45, 7) is 2.05. The van der Waals surface area contributed by atoms with Crippen molar-refractivity contribution in [3.63, 3.8) is 0 Å². The highest BCUT2D eigenvalue weighted by molar-refractivity contribution is 6.26. The number of aromatic nitrogens is 1. The zero-order valence-electron chi connectivity index (χ0n) is 21.1. The van der Waals surface area contributed by atoms with Crippen molar-refractivity contribution >= 4 is 54.5 Å². The highest BCUT2D eigenvalue weighted by Gasteiger charge is 2.15. The van der Waals surface area contributed by atoms with Crippen LogP contribution >= 0.6 is 0 Å². The van der Waals surface area contributed by atoms with Gasteiger partial charge in [0.25, 0.3) is 0 Å². The molecule has 6 aromatic carbocycles. The quantitative estimate of drug-likeness (QED) is 0.200. The van der Waals surface area contributed by atoms with Gasteiger partial charge < -0.3 is 5.73 Å². The number of anilines is 1. The molecule has 0 atom stereocenters. The molecule has 2 nitrogen and oxygen atoms in total. The van der Waals surface area contributed by atoms with E-state index < -0.39 is 0 Å². The van der Waals surface area contributed by atoms with Crippen LogP contribution < -0.4 is 5.73 Å². The molecule has 1 aromatic heterocycles. The average Bonchev–Trinajstić information content (AvgIpc) is 2.99. The minimum Gasteiger partial charge on any atom is -0.396 e. The third kappa shape index (κ3) is 3.38. The van der Waals surface area contributed by atoms with Crippen molar-refractivity contribution in [2.45, 2.75) is 6.92 Å². The number of benzene rings is 6. The van der Waals surface area contributed by atoms with E-state index in [-0.39, 0.29) is 0 Å². The molecule has 2 heteroatoms. The Bertz CT molecular complexity index is 2000. The molecule has 1 heterocycles. The SMILES string of the molecule is C/C=C(/c1ccccc1)c1ccc2c(-c3ccc4c5ccccc5c5ccccc5c4c3)ccnc2c1N. The van der Waals surface area contributed by atoms with Gasteiger partial charge in [-0.1, -0.05) is 109 Å². The second-order valence-corrected chi connectivity index (χ2v) is 9.70. The Morgan fingerprint density at radius 3 is 1.84 bits per heavy atom. The van der Waals surface area contributed by atoms with Gasteiger partial charge in [-0.25, -0.2) is 0 Å². The molecule has 0 amide bonds. The lowest BCUT2D eigenvalue weighted by atomic mass is 9.90. The maximum atomic E-state index is 6.80. The van der Waals surface area contributed by atoms with Gasteiger partial charge in [0.05, 0.1) is 11.2 Å². The van der Waals surface area contributed by atoms with Gasteiger partial charge in [-0.2, -0.15) is 0 Å². The van der Waals surface area contributed by atoms with Crippen LogP contribution in [-0.4, -0.2) is 4.98 Å². The number of hydrogen-bond donors (Lipinski definition) is 1. The number of nitrogens with two attached hydrogens (primary N) is 1. The lowest BCUT2D eigenvalue weighted by molar-refractivity contribution is 1.40. The van der Waals surface area contributed by atoms with E-state index in [1.54, 1.807) is 0 Å². The normalized spacial score (nSPS) is 12.1. The molecule has 0 fully saturated rings. The third-order valence-electron chi connectivity index (χ3n) is 7.67. The summed E-state index contributed by atoms with van der Waals surface area (Å²) in [4.78, 5) is 4.74. The first kappa shape index (κ1) is 22.3. The van der Waals surface area contributed by atoms with Crippen LogP contribution in [0.2, 0.25) is 0 Å². The van der Waals surface area contributed by atoms with Crippen molar-refractivity contribution in [3.8, 4) is 11.1 Å². The first-order valence-corrected chi connectivity index (χ1v) is 13.0. The third-order valence-corrected chi connectivity index (χ3v) is 7.67. The molecule has 0 saturated carbocycles. The molecule has 38 heavy (non-hydrogen) atoms. The summed E-state index contributed by atoms with van der Waals surface area (Å²) in [7, 11) is 0. The number of nitrogen functional groups attached to an aromatic ring is 1. The lowest BCUT2D eigenvalue weighted by Gasteiger charge is -2.15. The first-order chi connectivity index (χ1) is 18.7. The molecule has 0 spiro atoms. The highest BCUT2D eigenvalue weighted by atomic mass is 14.7. The van der Waals surface area contributed by atoms with Crippen molar-refractivity contribution in [1.82, 2.24) is 4.98 Å². The Morgan fingerprint density at radius 1 is 0.605 bits per heavy atom. The van der Waals surface area contributed by atoms with Gasteiger partial charge in [-0.05, 0) is 73.6 Å². The Morgan fingerprint density at radius 2 is 1.18 bits per heavy atom. The van der Waals surface area contributed by atoms with E-state index in [1.165, 1.54) is 32.3 Å². The van der Waals surface area contributed by atoms with Gasteiger partial charge in [0, 0.05) is 17.1 Å². The number of fused-ring (bicyclic) bond motifs is 7. The van der Waals surface area contributed by atoms with E-state index in [2.05, 4.69) is 122 Å². The van der Waals surface area contributed by atoms with Gasteiger partial charge in [0.2, 0.25) is 0 Å². The number of allylic oxidation sites excluding steroid dienone is 1. The summed E-state index contributed by atoms with van der Waals surface area (Å²) >= 11 is 0. The van der Waals surface area contributed by atoms with Crippen molar-refractivity contribution < 1.29 is 0 Å². The van der Waals surface area contributed by atoms with E-state index >= 15 is 0 Å². The van der Waals surface area contributed by atoms with E-state index in [0.29, 0.717) is 5.69 Å². The predicted octanol–water partition coefficient (Wildman–Crippen LogP) is 9.40.